The van der Waals surface area contributed by atoms with Crippen LogP contribution in [0.2, 0.25) is 0 Å². The number of hydrogen-bond donors (Lipinski definition) is 1. The standard InChI is InChI=1S/C18H19N3/c19-14-16(15-7-3-1-4-8-15)13-18-11-12-20-21(18)17-9-5-2-6-10-17/h1-12,16H,13-14,19H2. The summed E-state index contributed by atoms with van der Waals surface area (Å²) in [5.74, 6) is 0.311. The highest BCUT2D eigenvalue weighted by molar-refractivity contribution is 5.33. The van der Waals surface area contributed by atoms with Gasteiger partial charge in [0.15, 0.2) is 0 Å². The fourth-order valence-electron chi connectivity index (χ4n) is 2.60. The van der Waals surface area contributed by atoms with E-state index in [4.69, 9.17) is 5.73 Å². The Labute approximate surface area is 125 Å². The molecule has 0 aliphatic heterocycles. The number of nitrogens with zero attached hydrogens (tertiary/aromatic N) is 2. The van der Waals surface area contributed by atoms with E-state index in [-0.39, 0.29) is 0 Å². The molecule has 1 unspecified atom stereocenters. The lowest BCUT2D eigenvalue weighted by molar-refractivity contribution is 0.658. The van der Waals surface area contributed by atoms with Crippen molar-refractivity contribution in [1.29, 1.82) is 0 Å². The van der Waals surface area contributed by atoms with Crippen molar-refractivity contribution in [3.63, 3.8) is 0 Å². The van der Waals surface area contributed by atoms with Crippen molar-refractivity contribution in [2.75, 3.05) is 6.54 Å². The minimum Gasteiger partial charge on any atom is -0.330 e. The van der Waals surface area contributed by atoms with Crippen LogP contribution in [0.4, 0.5) is 0 Å². The number of nitrogens with two attached hydrogens (primary N) is 1. The monoisotopic (exact) mass is 277 g/mol. The van der Waals surface area contributed by atoms with E-state index in [0.717, 1.165) is 12.1 Å². The maximum absolute atomic E-state index is 5.98. The van der Waals surface area contributed by atoms with Gasteiger partial charge >= 0.3 is 0 Å². The Bertz CT molecular complexity index is 674. The van der Waals surface area contributed by atoms with Crippen LogP contribution >= 0.6 is 0 Å². The van der Waals surface area contributed by atoms with Gasteiger partial charge in [-0.2, -0.15) is 5.10 Å². The summed E-state index contributed by atoms with van der Waals surface area (Å²) in [7, 11) is 0. The molecule has 0 aliphatic carbocycles. The molecular weight excluding hydrogens is 258 g/mol. The molecule has 0 fully saturated rings. The van der Waals surface area contributed by atoms with Crippen molar-refractivity contribution < 1.29 is 0 Å². The smallest absolute Gasteiger partial charge is 0.0648 e. The average molecular weight is 277 g/mol. The van der Waals surface area contributed by atoms with Crippen LogP contribution in [0.15, 0.2) is 72.9 Å². The first-order valence-electron chi connectivity index (χ1n) is 7.22. The van der Waals surface area contributed by atoms with E-state index in [1.54, 1.807) is 0 Å². The highest BCUT2D eigenvalue weighted by Crippen LogP contribution is 2.21. The van der Waals surface area contributed by atoms with Gasteiger partial charge in [-0.1, -0.05) is 48.5 Å². The fraction of sp³-hybridized carbons (Fsp3) is 0.167. The summed E-state index contributed by atoms with van der Waals surface area (Å²) < 4.78 is 1.99. The summed E-state index contributed by atoms with van der Waals surface area (Å²) in [5, 5.41) is 4.44. The molecule has 3 heteroatoms. The van der Waals surface area contributed by atoms with Crippen LogP contribution in [0.1, 0.15) is 17.2 Å². The van der Waals surface area contributed by atoms with Crippen molar-refractivity contribution in [2.24, 2.45) is 5.73 Å². The molecule has 0 bridgehead atoms. The molecule has 2 N–H and O–H groups in total. The van der Waals surface area contributed by atoms with E-state index in [1.807, 2.05) is 35.1 Å². The molecule has 0 aliphatic rings. The Morgan fingerprint density at radius 2 is 1.57 bits per heavy atom. The first-order chi connectivity index (χ1) is 10.4. The number of aromatic nitrogens is 2. The van der Waals surface area contributed by atoms with Crippen molar-refractivity contribution in [3.05, 3.63) is 84.2 Å². The van der Waals surface area contributed by atoms with Gasteiger partial charge in [0.25, 0.3) is 0 Å². The van der Waals surface area contributed by atoms with Crippen LogP contribution in [-0.4, -0.2) is 16.3 Å². The third-order valence-electron chi connectivity index (χ3n) is 3.73. The minimum absolute atomic E-state index is 0.311. The zero-order valence-corrected chi connectivity index (χ0v) is 11.9. The molecule has 0 amide bonds. The molecule has 3 aromatic rings. The van der Waals surface area contributed by atoms with Gasteiger partial charge in [-0.25, -0.2) is 4.68 Å². The highest BCUT2D eigenvalue weighted by atomic mass is 15.3. The third kappa shape index (κ3) is 3.03. The Kier molecular flexibility index (Phi) is 4.12. The normalized spacial score (nSPS) is 12.2. The first-order valence-corrected chi connectivity index (χ1v) is 7.22. The zero-order valence-electron chi connectivity index (χ0n) is 11.9. The molecule has 0 saturated carbocycles. The average Bonchev–Trinajstić information content (AvgIpc) is 3.02. The van der Waals surface area contributed by atoms with Crippen LogP contribution in [0, 0.1) is 0 Å². The van der Waals surface area contributed by atoms with E-state index < -0.39 is 0 Å². The number of benzene rings is 2. The van der Waals surface area contributed by atoms with E-state index in [9.17, 15) is 0 Å². The van der Waals surface area contributed by atoms with Gasteiger partial charge in [0.05, 0.1) is 5.69 Å². The molecule has 1 aromatic heterocycles. The van der Waals surface area contributed by atoms with Crippen LogP contribution < -0.4 is 5.73 Å². The van der Waals surface area contributed by atoms with Gasteiger partial charge < -0.3 is 5.73 Å². The second-order valence-corrected chi connectivity index (χ2v) is 5.12. The predicted molar refractivity (Wildman–Crippen MR) is 85.5 cm³/mol. The van der Waals surface area contributed by atoms with Crippen molar-refractivity contribution in [1.82, 2.24) is 9.78 Å². The first kappa shape index (κ1) is 13.6. The predicted octanol–water partition coefficient (Wildman–Crippen LogP) is 3.16. The number of hydrogen-bond acceptors (Lipinski definition) is 2. The molecular formula is C18H19N3. The summed E-state index contributed by atoms with van der Waals surface area (Å²) in [6.45, 7) is 0.629. The van der Waals surface area contributed by atoms with Crippen molar-refractivity contribution in [3.8, 4) is 5.69 Å². The fourth-order valence-corrected chi connectivity index (χ4v) is 2.60. The topological polar surface area (TPSA) is 43.8 Å². The Balaban J connectivity index is 1.87. The maximum Gasteiger partial charge on any atom is 0.0648 e. The quantitative estimate of drug-likeness (QED) is 0.778. The molecule has 106 valence electrons. The van der Waals surface area contributed by atoms with Gasteiger partial charge in [-0.3, -0.25) is 0 Å². The van der Waals surface area contributed by atoms with Gasteiger partial charge in [0.1, 0.15) is 0 Å². The highest BCUT2D eigenvalue weighted by Gasteiger charge is 2.14. The molecule has 2 aromatic carbocycles. The SMILES string of the molecule is NCC(Cc1ccnn1-c1ccccc1)c1ccccc1. The summed E-state index contributed by atoms with van der Waals surface area (Å²) in [6, 6.07) is 22.7. The summed E-state index contributed by atoms with van der Waals surface area (Å²) >= 11 is 0. The van der Waals surface area contributed by atoms with Crippen LogP contribution in [0.3, 0.4) is 0 Å². The molecule has 0 spiro atoms. The van der Waals surface area contributed by atoms with Gasteiger partial charge in [-0.05, 0) is 36.7 Å². The second-order valence-electron chi connectivity index (χ2n) is 5.12. The summed E-state index contributed by atoms with van der Waals surface area (Å²) in [4.78, 5) is 0. The molecule has 1 atom stereocenters. The van der Waals surface area contributed by atoms with E-state index >= 15 is 0 Å². The Morgan fingerprint density at radius 1 is 0.905 bits per heavy atom. The maximum atomic E-state index is 5.98. The largest absolute Gasteiger partial charge is 0.330 e. The molecule has 0 saturated heterocycles. The zero-order chi connectivity index (χ0) is 14.5. The van der Waals surface area contributed by atoms with Crippen molar-refractivity contribution >= 4 is 0 Å². The summed E-state index contributed by atoms with van der Waals surface area (Å²) in [6.07, 6.45) is 2.73. The van der Waals surface area contributed by atoms with Crippen LogP contribution in [-0.2, 0) is 6.42 Å². The molecule has 1 heterocycles. The summed E-state index contributed by atoms with van der Waals surface area (Å²) in [5.41, 5.74) is 9.52. The molecule has 3 rings (SSSR count). The number of rotatable bonds is 5. The molecule has 3 nitrogen and oxygen atoms in total. The van der Waals surface area contributed by atoms with Crippen LogP contribution in [0.25, 0.3) is 5.69 Å². The second kappa shape index (κ2) is 6.37. The van der Waals surface area contributed by atoms with Crippen molar-refractivity contribution in [2.45, 2.75) is 12.3 Å². The van der Waals surface area contributed by atoms with Gasteiger partial charge in [0.2, 0.25) is 0 Å². The van der Waals surface area contributed by atoms with Crippen LogP contribution in [0.5, 0.6) is 0 Å². The molecule has 21 heavy (non-hydrogen) atoms. The van der Waals surface area contributed by atoms with Gasteiger partial charge in [0, 0.05) is 17.8 Å². The van der Waals surface area contributed by atoms with E-state index in [2.05, 4.69) is 47.6 Å². The lowest BCUT2D eigenvalue weighted by Crippen LogP contribution is -2.16. The Hall–Kier alpha value is -2.39. The lowest BCUT2D eigenvalue weighted by atomic mass is 9.94. The number of para-hydroxylation sites is 1. The van der Waals surface area contributed by atoms with Gasteiger partial charge in [-0.15, -0.1) is 0 Å². The minimum atomic E-state index is 0.311. The third-order valence-corrected chi connectivity index (χ3v) is 3.73. The van der Waals surface area contributed by atoms with E-state index in [1.165, 1.54) is 11.3 Å². The van der Waals surface area contributed by atoms with E-state index in [0.29, 0.717) is 12.5 Å². The molecule has 0 radical (unpaired) electrons. The lowest BCUT2D eigenvalue weighted by Gasteiger charge is -2.16. The Morgan fingerprint density at radius 3 is 2.24 bits per heavy atom.